The molecule has 0 spiro atoms. The predicted octanol–water partition coefficient (Wildman–Crippen LogP) is 3.26. The molecular weight excluding hydrogens is 327 g/mol. The van der Waals surface area contributed by atoms with Crippen LogP contribution in [0.3, 0.4) is 0 Å². The Morgan fingerprint density at radius 3 is 2.91 bits per heavy atom. The van der Waals surface area contributed by atoms with Crippen LogP contribution in [0.15, 0.2) is 12.4 Å². The van der Waals surface area contributed by atoms with Crippen LogP contribution in [0.1, 0.15) is 31.9 Å². The van der Waals surface area contributed by atoms with Crippen molar-refractivity contribution in [1.82, 2.24) is 19.6 Å². The van der Waals surface area contributed by atoms with Crippen molar-refractivity contribution in [1.29, 1.82) is 0 Å². The van der Waals surface area contributed by atoms with Crippen LogP contribution in [-0.4, -0.2) is 43.7 Å². The summed E-state index contributed by atoms with van der Waals surface area (Å²) in [4.78, 5) is 9.39. The van der Waals surface area contributed by atoms with Gasteiger partial charge in [-0.15, -0.1) is 0 Å². The standard InChI is InChI=1S/C14H18F3N5S/c1-2-23-10-5-3-4-6-21(8-10)12-7-11(14(15,16)17)20-13-18-9-19-22(12)13/h7,9-10H,2-6,8H2,1H3. The average Bonchev–Trinajstić information content (AvgIpc) is 2.85. The minimum Gasteiger partial charge on any atom is -0.355 e. The first-order valence-electron chi connectivity index (χ1n) is 7.63. The van der Waals surface area contributed by atoms with Crippen molar-refractivity contribution in [2.75, 3.05) is 23.7 Å². The highest BCUT2D eigenvalue weighted by Crippen LogP contribution is 2.32. The molecule has 2 aromatic heterocycles. The summed E-state index contributed by atoms with van der Waals surface area (Å²) in [6.45, 7) is 3.54. The molecule has 0 saturated carbocycles. The fourth-order valence-corrected chi connectivity index (χ4v) is 3.94. The molecule has 3 rings (SSSR count). The van der Waals surface area contributed by atoms with E-state index in [-0.39, 0.29) is 5.78 Å². The summed E-state index contributed by atoms with van der Waals surface area (Å²) in [5, 5.41) is 4.47. The Labute approximate surface area is 136 Å². The predicted molar refractivity (Wildman–Crippen MR) is 83.8 cm³/mol. The fraction of sp³-hybridized carbons (Fsp3) is 0.643. The Morgan fingerprint density at radius 2 is 2.17 bits per heavy atom. The van der Waals surface area contributed by atoms with Gasteiger partial charge < -0.3 is 4.90 Å². The van der Waals surface area contributed by atoms with Gasteiger partial charge >= 0.3 is 6.18 Å². The van der Waals surface area contributed by atoms with Gasteiger partial charge in [0.15, 0.2) is 5.69 Å². The van der Waals surface area contributed by atoms with Gasteiger partial charge in [-0.1, -0.05) is 13.3 Å². The minimum absolute atomic E-state index is 0.0150. The van der Waals surface area contributed by atoms with Gasteiger partial charge in [-0.25, -0.2) is 4.98 Å². The zero-order chi connectivity index (χ0) is 16.4. The summed E-state index contributed by atoms with van der Waals surface area (Å²) < 4.78 is 40.7. The number of hydrogen-bond acceptors (Lipinski definition) is 5. The highest BCUT2D eigenvalue weighted by molar-refractivity contribution is 7.99. The number of anilines is 1. The van der Waals surface area contributed by atoms with E-state index in [9.17, 15) is 13.2 Å². The Kier molecular flexibility index (Phi) is 4.65. The lowest BCUT2D eigenvalue weighted by Crippen LogP contribution is -2.32. The molecule has 0 aromatic carbocycles. The van der Waals surface area contributed by atoms with Crippen molar-refractivity contribution in [2.24, 2.45) is 0 Å². The van der Waals surface area contributed by atoms with Gasteiger partial charge in [0, 0.05) is 24.4 Å². The molecule has 0 amide bonds. The molecule has 3 heterocycles. The Bertz CT molecular complexity index is 672. The van der Waals surface area contributed by atoms with Gasteiger partial charge in [0.05, 0.1) is 0 Å². The SMILES string of the molecule is CCSC1CCCCN(c2cc(C(F)(F)F)nc3ncnn23)C1. The smallest absolute Gasteiger partial charge is 0.355 e. The molecule has 0 aliphatic carbocycles. The van der Waals surface area contributed by atoms with Gasteiger partial charge in [-0.3, -0.25) is 0 Å². The molecule has 126 valence electrons. The van der Waals surface area contributed by atoms with Crippen LogP contribution in [0, 0.1) is 0 Å². The molecule has 0 bridgehead atoms. The van der Waals surface area contributed by atoms with Gasteiger partial charge in [0.1, 0.15) is 12.1 Å². The lowest BCUT2D eigenvalue weighted by Gasteiger charge is -2.26. The van der Waals surface area contributed by atoms with Crippen LogP contribution in [0.5, 0.6) is 0 Å². The number of hydrogen-bond donors (Lipinski definition) is 0. The van der Waals surface area contributed by atoms with E-state index in [1.807, 2.05) is 16.7 Å². The third-order valence-electron chi connectivity index (χ3n) is 3.88. The molecule has 9 heteroatoms. The van der Waals surface area contributed by atoms with Gasteiger partial charge in [0.2, 0.25) is 0 Å². The molecule has 1 saturated heterocycles. The second kappa shape index (κ2) is 6.54. The lowest BCUT2D eigenvalue weighted by atomic mass is 10.2. The summed E-state index contributed by atoms with van der Waals surface area (Å²) >= 11 is 1.86. The molecule has 2 aromatic rings. The molecule has 1 aliphatic rings. The lowest BCUT2D eigenvalue weighted by molar-refractivity contribution is -0.141. The van der Waals surface area contributed by atoms with E-state index in [0.29, 0.717) is 11.1 Å². The second-order valence-corrected chi connectivity index (χ2v) is 7.07. The van der Waals surface area contributed by atoms with Crippen LogP contribution < -0.4 is 4.90 Å². The number of alkyl halides is 3. The van der Waals surface area contributed by atoms with Crippen molar-refractivity contribution < 1.29 is 13.2 Å². The second-order valence-electron chi connectivity index (χ2n) is 5.49. The van der Waals surface area contributed by atoms with E-state index in [0.717, 1.165) is 44.2 Å². The zero-order valence-corrected chi connectivity index (χ0v) is 13.6. The third kappa shape index (κ3) is 3.54. The van der Waals surface area contributed by atoms with Crippen molar-refractivity contribution in [3.05, 3.63) is 18.1 Å². The van der Waals surface area contributed by atoms with Gasteiger partial charge in [-0.2, -0.15) is 39.5 Å². The minimum atomic E-state index is -4.49. The number of aromatic nitrogens is 4. The normalized spacial score (nSPS) is 20.0. The molecule has 1 aliphatic heterocycles. The molecule has 1 unspecified atom stereocenters. The molecule has 0 radical (unpaired) electrons. The molecule has 5 nitrogen and oxygen atoms in total. The maximum absolute atomic E-state index is 13.1. The van der Waals surface area contributed by atoms with Crippen molar-refractivity contribution >= 4 is 23.4 Å². The van der Waals surface area contributed by atoms with Gasteiger partial charge in [0.25, 0.3) is 5.78 Å². The molecule has 1 fully saturated rings. The Morgan fingerprint density at radius 1 is 1.35 bits per heavy atom. The summed E-state index contributed by atoms with van der Waals surface area (Å²) in [7, 11) is 0. The van der Waals surface area contributed by atoms with Crippen LogP contribution in [-0.2, 0) is 6.18 Å². The van der Waals surface area contributed by atoms with Crippen molar-refractivity contribution in [3.63, 3.8) is 0 Å². The molecule has 0 N–H and O–H groups in total. The van der Waals surface area contributed by atoms with Crippen LogP contribution >= 0.6 is 11.8 Å². The Balaban J connectivity index is 2.01. The number of fused-ring (bicyclic) bond motifs is 1. The largest absolute Gasteiger partial charge is 0.433 e. The number of rotatable bonds is 3. The third-order valence-corrected chi connectivity index (χ3v) is 5.07. The molecular formula is C14H18F3N5S. The van der Waals surface area contributed by atoms with Crippen LogP contribution in [0.4, 0.5) is 19.0 Å². The van der Waals surface area contributed by atoms with Gasteiger partial charge in [-0.05, 0) is 18.6 Å². The topological polar surface area (TPSA) is 46.3 Å². The van der Waals surface area contributed by atoms with Crippen LogP contribution in [0.2, 0.25) is 0 Å². The summed E-state index contributed by atoms with van der Waals surface area (Å²) in [5.41, 5.74) is -0.919. The maximum Gasteiger partial charge on any atom is 0.433 e. The fourth-order valence-electron chi connectivity index (χ4n) is 2.85. The molecule has 1 atom stereocenters. The van der Waals surface area contributed by atoms with E-state index in [2.05, 4.69) is 22.0 Å². The maximum atomic E-state index is 13.1. The van der Waals surface area contributed by atoms with E-state index >= 15 is 0 Å². The van der Waals surface area contributed by atoms with E-state index < -0.39 is 11.9 Å². The van der Waals surface area contributed by atoms with Crippen molar-refractivity contribution in [3.8, 4) is 0 Å². The number of thioether (sulfide) groups is 1. The summed E-state index contributed by atoms with van der Waals surface area (Å²) in [5.74, 6) is 1.41. The first kappa shape index (κ1) is 16.4. The average molecular weight is 345 g/mol. The molecule has 23 heavy (non-hydrogen) atoms. The van der Waals surface area contributed by atoms with E-state index in [4.69, 9.17) is 0 Å². The van der Waals surface area contributed by atoms with Crippen LogP contribution in [0.25, 0.3) is 5.78 Å². The summed E-state index contributed by atoms with van der Waals surface area (Å²) in [6.07, 6.45) is -0.118. The van der Waals surface area contributed by atoms with E-state index in [1.54, 1.807) is 0 Å². The quantitative estimate of drug-likeness (QED) is 0.854. The zero-order valence-electron chi connectivity index (χ0n) is 12.8. The van der Waals surface area contributed by atoms with Crippen molar-refractivity contribution in [2.45, 2.75) is 37.6 Å². The monoisotopic (exact) mass is 345 g/mol. The highest BCUT2D eigenvalue weighted by atomic mass is 32.2. The first-order chi connectivity index (χ1) is 11.0. The summed E-state index contributed by atoms with van der Waals surface area (Å²) in [6, 6.07) is 1.08. The van der Waals surface area contributed by atoms with E-state index in [1.165, 1.54) is 10.8 Å². The number of halogens is 3. The Hall–Kier alpha value is -1.51. The first-order valence-corrected chi connectivity index (χ1v) is 8.68. The highest BCUT2D eigenvalue weighted by Gasteiger charge is 2.35. The number of nitrogens with zero attached hydrogens (tertiary/aromatic N) is 5.